The Morgan fingerprint density at radius 3 is 2.78 bits per heavy atom. The molecule has 1 aromatic heterocycles. The van der Waals surface area contributed by atoms with Crippen molar-refractivity contribution in [3.63, 3.8) is 0 Å². The molecule has 8 heteroatoms. The molecule has 2 heterocycles. The second kappa shape index (κ2) is 4.71. The molecule has 3 atom stereocenters. The molecule has 0 aromatic carbocycles. The summed E-state index contributed by atoms with van der Waals surface area (Å²) in [5.74, 6) is 1.50. The first-order chi connectivity index (χ1) is 8.58. The van der Waals surface area contributed by atoms with E-state index < -0.39 is 36.3 Å². The second-order valence-corrected chi connectivity index (χ2v) is 3.73. The van der Waals surface area contributed by atoms with Crippen LogP contribution in [0.1, 0.15) is 6.23 Å². The van der Waals surface area contributed by atoms with Crippen LogP contribution in [-0.4, -0.2) is 44.5 Å². The summed E-state index contributed by atoms with van der Waals surface area (Å²) < 4.78 is 6.11. The van der Waals surface area contributed by atoms with Gasteiger partial charge in [-0.2, -0.15) is 0 Å². The van der Waals surface area contributed by atoms with Gasteiger partial charge in [-0.05, 0) is 0 Å². The summed E-state index contributed by atoms with van der Waals surface area (Å²) in [5, 5.41) is 18.6. The van der Waals surface area contributed by atoms with E-state index in [1.165, 1.54) is 5.94 Å². The topological polar surface area (TPSA) is 122 Å². The average Bonchev–Trinajstić information content (AvgIpc) is 2.65. The molecule has 0 radical (unpaired) electrons. The lowest BCUT2D eigenvalue weighted by Gasteiger charge is -2.13. The SMILES string of the molecule is O=C=C1[C@H](n2ccc(=O)[nH]c2=O)O[C@H](CO)[C@H]1O. The van der Waals surface area contributed by atoms with Gasteiger partial charge in [0.2, 0.25) is 0 Å². The van der Waals surface area contributed by atoms with Crippen molar-refractivity contribution in [2.45, 2.75) is 18.4 Å². The fourth-order valence-electron chi connectivity index (χ4n) is 1.74. The molecule has 0 bridgehead atoms. The molecule has 3 N–H and O–H groups in total. The normalized spacial score (nSPS) is 27.2. The zero-order valence-electron chi connectivity index (χ0n) is 9.07. The van der Waals surface area contributed by atoms with Crippen LogP contribution in [0.4, 0.5) is 0 Å². The Balaban J connectivity index is 2.48. The molecule has 1 saturated heterocycles. The number of ether oxygens (including phenoxy) is 1. The first kappa shape index (κ1) is 12.5. The first-order valence-corrected chi connectivity index (χ1v) is 5.09. The minimum Gasteiger partial charge on any atom is -0.394 e. The highest BCUT2D eigenvalue weighted by Crippen LogP contribution is 2.30. The van der Waals surface area contributed by atoms with Crippen molar-refractivity contribution in [2.24, 2.45) is 0 Å². The van der Waals surface area contributed by atoms with Crippen LogP contribution in [0.3, 0.4) is 0 Å². The van der Waals surface area contributed by atoms with E-state index in [-0.39, 0.29) is 5.57 Å². The van der Waals surface area contributed by atoms with Gasteiger partial charge in [0, 0.05) is 12.3 Å². The summed E-state index contributed by atoms with van der Waals surface area (Å²) in [7, 11) is 0. The summed E-state index contributed by atoms with van der Waals surface area (Å²) in [6.07, 6.45) is -2.39. The van der Waals surface area contributed by atoms with Crippen molar-refractivity contribution in [3.05, 3.63) is 38.7 Å². The highest BCUT2D eigenvalue weighted by molar-refractivity contribution is 5.56. The molecular formula is C10H10N2O6. The maximum absolute atomic E-state index is 11.5. The van der Waals surface area contributed by atoms with E-state index in [4.69, 9.17) is 9.84 Å². The van der Waals surface area contributed by atoms with Crippen molar-refractivity contribution < 1.29 is 19.7 Å². The number of aliphatic hydroxyl groups is 2. The van der Waals surface area contributed by atoms with Gasteiger partial charge in [-0.3, -0.25) is 14.3 Å². The molecular weight excluding hydrogens is 244 g/mol. The van der Waals surface area contributed by atoms with Gasteiger partial charge in [0.15, 0.2) is 6.23 Å². The number of hydrogen-bond acceptors (Lipinski definition) is 6. The number of aliphatic hydroxyl groups excluding tert-OH is 2. The van der Waals surface area contributed by atoms with Crippen LogP contribution >= 0.6 is 0 Å². The molecule has 2 rings (SSSR count). The lowest BCUT2D eigenvalue weighted by atomic mass is 10.1. The molecule has 1 aliphatic rings. The van der Waals surface area contributed by atoms with Crippen LogP contribution in [0, 0.1) is 0 Å². The number of aromatic amines is 1. The Morgan fingerprint density at radius 1 is 1.50 bits per heavy atom. The molecule has 0 saturated carbocycles. The minimum atomic E-state index is -1.34. The minimum absolute atomic E-state index is 0.205. The van der Waals surface area contributed by atoms with E-state index in [9.17, 15) is 19.5 Å². The van der Waals surface area contributed by atoms with E-state index in [1.807, 2.05) is 4.98 Å². The van der Waals surface area contributed by atoms with E-state index in [0.29, 0.717) is 0 Å². The Morgan fingerprint density at radius 2 is 2.22 bits per heavy atom. The van der Waals surface area contributed by atoms with E-state index in [2.05, 4.69) is 0 Å². The average molecular weight is 254 g/mol. The molecule has 8 nitrogen and oxygen atoms in total. The summed E-state index contributed by atoms with van der Waals surface area (Å²) in [5.41, 5.74) is -1.58. The van der Waals surface area contributed by atoms with Gasteiger partial charge in [0.25, 0.3) is 5.56 Å². The van der Waals surface area contributed by atoms with Gasteiger partial charge in [-0.1, -0.05) is 0 Å². The van der Waals surface area contributed by atoms with Gasteiger partial charge >= 0.3 is 5.69 Å². The number of carbonyl (C=O) groups excluding carboxylic acids is 1. The largest absolute Gasteiger partial charge is 0.394 e. The summed E-state index contributed by atoms with van der Waals surface area (Å²) >= 11 is 0. The summed E-state index contributed by atoms with van der Waals surface area (Å²) in [4.78, 5) is 35.2. The number of nitrogens with zero attached hydrogens (tertiary/aromatic N) is 1. The zero-order chi connectivity index (χ0) is 13.3. The summed E-state index contributed by atoms with van der Waals surface area (Å²) in [6.45, 7) is -0.513. The third-order valence-electron chi connectivity index (χ3n) is 2.64. The van der Waals surface area contributed by atoms with Gasteiger partial charge < -0.3 is 14.9 Å². The van der Waals surface area contributed by atoms with Gasteiger partial charge in [0.1, 0.15) is 18.1 Å². The van der Waals surface area contributed by atoms with Gasteiger partial charge in [-0.25, -0.2) is 9.59 Å². The highest BCUT2D eigenvalue weighted by Gasteiger charge is 2.41. The van der Waals surface area contributed by atoms with Crippen LogP contribution in [0.2, 0.25) is 0 Å². The van der Waals surface area contributed by atoms with Crippen molar-refractivity contribution in [2.75, 3.05) is 6.61 Å². The number of rotatable bonds is 2. The predicted molar refractivity (Wildman–Crippen MR) is 57.5 cm³/mol. The highest BCUT2D eigenvalue weighted by atomic mass is 16.5. The molecule has 0 aliphatic carbocycles. The Kier molecular flexibility index (Phi) is 3.26. The molecule has 0 spiro atoms. The van der Waals surface area contributed by atoms with Crippen molar-refractivity contribution in [1.29, 1.82) is 0 Å². The maximum atomic E-state index is 11.5. The van der Waals surface area contributed by atoms with E-state index in [0.717, 1.165) is 16.8 Å². The monoisotopic (exact) mass is 254 g/mol. The Hall–Kier alpha value is -1.99. The Labute approximate surface area is 99.8 Å². The predicted octanol–water partition coefficient (Wildman–Crippen LogP) is -2.45. The number of aromatic nitrogens is 2. The lowest BCUT2D eigenvalue weighted by Crippen LogP contribution is -2.32. The van der Waals surface area contributed by atoms with Crippen molar-refractivity contribution in [1.82, 2.24) is 9.55 Å². The third-order valence-corrected chi connectivity index (χ3v) is 2.64. The van der Waals surface area contributed by atoms with Crippen molar-refractivity contribution >= 4 is 5.94 Å². The van der Waals surface area contributed by atoms with Crippen LogP contribution < -0.4 is 11.2 Å². The Bertz CT molecular complexity index is 611. The van der Waals surface area contributed by atoms with E-state index in [1.54, 1.807) is 0 Å². The second-order valence-electron chi connectivity index (χ2n) is 3.73. The fraction of sp³-hybridized carbons (Fsp3) is 0.400. The van der Waals surface area contributed by atoms with Crippen LogP contribution in [0.5, 0.6) is 0 Å². The molecule has 0 amide bonds. The standard InChI is InChI=1S/C10H10N2O6/c13-3-5-8(16)6(4-14)18-9(5)12-2-1-7(15)11-10(12)17/h1-2,6,8-9,14,16H,4H2,(H,11,15,17)/t6-,8+,9-/m1/s1. The van der Waals surface area contributed by atoms with E-state index >= 15 is 0 Å². The quantitative estimate of drug-likeness (QED) is 0.503. The first-order valence-electron chi connectivity index (χ1n) is 5.09. The smallest absolute Gasteiger partial charge is 0.330 e. The van der Waals surface area contributed by atoms with Crippen LogP contribution in [-0.2, 0) is 9.53 Å². The lowest BCUT2D eigenvalue weighted by molar-refractivity contribution is -0.0447. The molecule has 0 unspecified atom stereocenters. The molecule has 18 heavy (non-hydrogen) atoms. The maximum Gasteiger partial charge on any atom is 0.330 e. The molecule has 96 valence electrons. The zero-order valence-corrected chi connectivity index (χ0v) is 9.07. The van der Waals surface area contributed by atoms with Crippen LogP contribution in [0.15, 0.2) is 27.4 Å². The van der Waals surface area contributed by atoms with Crippen molar-refractivity contribution in [3.8, 4) is 0 Å². The van der Waals surface area contributed by atoms with Crippen LogP contribution in [0.25, 0.3) is 0 Å². The number of hydrogen-bond donors (Lipinski definition) is 3. The third kappa shape index (κ3) is 1.93. The molecule has 1 aromatic rings. The number of nitrogens with one attached hydrogen (secondary N) is 1. The molecule has 1 aliphatic heterocycles. The van der Waals surface area contributed by atoms with Gasteiger partial charge in [-0.15, -0.1) is 0 Å². The fourth-order valence-corrected chi connectivity index (χ4v) is 1.74. The number of H-pyrrole nitrogens is 1. The van der Waals surface area contributed by atoms with Gasteiger partial charge in [0.05, 0.1) is 12.2 Å². The molecule has 1 fully saturated rings. The summed E-state index contributed by atoms with van der Waals surface area (Å²) in [6, 6.07) is 1.08.